The number of nitrogens with one attached hydrogen (secondary N) is 1. The molecule has 1 aromatic heterocycles. The first-order valence-corrected chi connectivity index (χ1v) is 6.60. The fraction of sp³-hybridized carbons (Fsp3) is 0.667. The zero-order chi connectivity index (χ0) is 12.7. The number of nitrogen functional groups attached to an aromatic ring is 1. The standard InChI is InChI=1S/C12H21ClN4/c1-3-5-7-9(6-4-2)15-11-8-10(13)16-12(14)17-11/h8-9H,3-7H2,1-2H3,(H3,14,15,16,17). The molecule has 1 atom stereocenters. The average molecular weight is 257 g/mol. The smallest absolute Gasteiger partial charge is 0.223 e. The van der Waals surface area contributed by atoms with Crippen LogP contribution in [0.3, 0.4) is 0 Å². The summed E-state index contributed by atoms with van der Waals surface area (Å²) >= 11 is 5.84. The Hall–Kier alpha value is -1.03. The molecule has 0 fully saturated rings. The van der Waals surface area contributed by atoms with Gasteiger partial charge in [0.1, 0.15) is 11.0 Å². The third-order valence-corrected chi connectivity index (χ3v) is 2.80. The first-order chi connectivity index (χ1) is 8.15. The molecule has 0 saturated carbocycles. The summed E-state index contributed by atoms with van der Waals surface area (Å²) in [5.41, 5.74) is 5.56. The molecule has 0 radical (unpaired) electrons. The summed E-state index contributed by atoms with van der Waals surface area (Å²) in [4.78, 5) is 7.98. The Balaban J connectivity index is 2.63. The average Bonchev–Trinajstić information content (AvgIpc) is 2.24. The van der Waals surface area contributed by atoms with Crippen molar-refractivity contribution in [2.75, 3.05) is 11.1 Å². The van der Waals surface area contributed by atoms with Crippen molar-refractivity contribution in [3.63, 3.8) is 0 Å². The fourth-order valence-electron chi connectivity index (χ4n) is 1.81. The summed E-state index contributed by atoms with van der Waals surface area (Å²) in [6.45, 7) is 4.38. The molecule has 0 saturated heterocycles. The second kappa shape index (κ2) is 7.33. The first kappa shape index (κ1) is 14.0. The van der Waals surface area contributed by atoms with Crippen molar-refractivity contribution in [1.29, 1.82) is 0 Å². The van der Waals surface area contributed by atoms with Crippen molar-refractivity contribution in [1.82, 2.24) is 9.97 Å². The van der Waals surface area contributed by atoms with Gasteiger partial charge in [-0.25, -0.2) is 4.98 Å². The molecule has 1 heterocycles. The second-order valence-corrected chi connectivity index (χ2v) is 4.59. The fourth-order valence-corrected chi connectivity index (χ4v) is 2.00. The zero-order valence-electron chi connectivity index (χ0n) is 10.5. The van der Waals surface area contributed by atoms with Crippen molar-refractivity contribution in [3.8, 4) is 0 Å². The van der Waals surface area contributed by atoms with Crippen LogP contribution in [0, 0.1) is 0 Å². The highest BCUT2D eigenvalue weighted by Crippen LogP contribution is 2.17. The molecule has 0 aromatic carbocycles. The number of nitrogens with two attached hydrogens (primary N) is 1. The van der Waals surface area contributed by atoms with Crippen LogP contribution < -0.4 is 11.1 Å². The van der Waals surface area contributed by atoms with E-state index in [0.717, 1.165) is 25.1 Å². The van der Waals surface area contributed by atoms with E-state index in [1.807, 2.05) is 0 Å². The van der Waals surface area contributed by atoms with Gasteiger partial charge in [-0.15, -0.1) is 0 Å². The Kier molecular flexibility index (Phi) is 6.05. The molecule has 5 heteroatoms. The van der Waals surface area contributed by atoms with Crippen molar-refractivity contribution in [2.45, 2.75) is 52.0 Å². The van der Waals surface area contributed by atoms with Gasteiger partial charge in [0.15, 0.2) is 0 Å². The monoisotopic (exact) mass is 256 g/mol. The van der Waals surface area contributed by atoms with E-state index in [-0.39, 0.29) is 5.95 Å². The normalized spacial score (nSPS) is 12.4. The zero-order valence-corrected chi connectivity index (χ0v) is 11.3. The van der Waals surface area contributed by atoms with Gasteiger partial charge in [-0.2, -0.15) is 4.98 Å². The van der Waals surface area contributed by atoms with Crippen LogP contribution in [0.5, 0.6) is 0 Å². The molecule has 1 aromatic rings. The van der Waals surface area contributed by atoms with E-state index < -0.39 is 0 Å². The van der Waals surface area contributed by atoms with Crippen molar-refractivity contribution in [2.24, 2.45) is 0 Å². The number of hydrogen-bond donors (Lipinski definition) is 2. The minimum absolute atomic E-state index is 0.214. The Labute approximate surface area is 108 Å². The Morgan fingerprint density at radius 3 is 2.65 bits per heavy atom. The molecule has 0 amide bonds. The molecule has 1 unspecified atom stereocenters. The maximum atomic E-state index is 5.84. The van der Waals surface area contributed by atoms with E-state index in [4.69, 9.17) is 17.3 Å². The van der Waals surface area contributed by atoms with E-state index in [0.29, 0.717) is 11.2 Å². The molecular weight excluding hydrogens is 236 g/mol. The van der Waals surface area contributed by atoms with Crippen LogP contribution in [0.1, 0.15) is 46.0 Å². The highest BCUT2D eigenvalue weighted by atomic mass is 35.5. The number of unbranched alkanes of at least 4 members (excludes halogenated alkanes) is 1. The lowest BCUT2D eigenvalue weighted by Crippen LogP contribution is -2.20. The quantitative estimate of drug-likeness (QED) is 0.733. The number of nitrogens with zero attached hydrogens (tertiary/aromatic N) is 2. The molecule has 96 valence electrons. The second-order valence-electron chi connectivity index (χ2n) is 4.21. The van der Waals surface area contributed by atoms with E-state index in [9.17, 15) is 0 Å². The molecule has 0 aliphatic heterocycles. The van der Waals surface area contributed by atoms with Crippen LogP contribution in [0.2, 0.25) is 5.15 Å². The number of hydrogen-bond acceptors (Lipinski definition) is 4. The van der Waals surface area contributed by atoms with Crippen LogP contribution in [-0.4, -0.2) is 16.0 Å². The molecule has 0 bridgehead atoms. The first-order valence-electron chi connectivity index (χ1n) is 6.22. The summed E-state index contributed by atoms with van der Waals surface area (Å²) in [6.07, 6.45) is 5.84. The topological polar surface area (TPSA) is 63.8 Å². The summed E-state index contributed by atoms with van der Waals surface area (Å²) in [7, 11) is 0. The van der Waals surface area contributed by atoms with Gasteiger partial charge in [0.25, 0.3) is 0 Å². The molecule has 0 aliphatic rings. The largest absolute Gasteiger partial charge is 0.368 e. The Morgan fingerprint density at radius 1 is 1.29 bits per heavy atom. The van der Waals surface area contributed by atoms with Crippen LogP contribution in [-0.2, 0) is 0 Å². The summed E-state index contributed by atoms with van der Waals surface area (Å²) in [5, 5.41) is 3.76. The van der Waals surface area contributed by atoms with Gasteiger partial charge in [0, 0.05) is 12.1 Å². The minimum atomic E-state index is 0.214. The van der Waals surface area contributed by atoms with Gasteiger partial charge in [-0.3, -0.25) is 0 Å². The van der Waals surface area contributed by atoms with Gasteiger partial charge < -0.3 is 11.1 Å². The van der Waals surface area contributed by atoms with E-state index >= 15 is 0 Å². The van der Waals surface area contributed by atoms with E-state index in [1.54, 1.807) is 6.07 Å². The van der Waals surface area contributed by atoms with Crippen LogP contribution in [0.25, 0.3) is 0 Å². The van der Waals surface area contributed by atoms with Gasteiger partial charge in [0.2, 0.25) is 5.95 Å². The summed E-state index contributed by atoms with van der Waals surface area (Å²) < 4.78 is 0. The van der Waals surface area contributed by atoms with Crippen LogP contribution in [0.4, 0.5) is 11.8 Å². The predicted molar refractivity (Wildman–Crippen MR) is 73.3 cm³/mol. The van der Waals surface area contributed by atoms with E-state index in [1.165, 1.54) is 12.8 Å². The third kappa shape index (κ3) is 5.22. The molecule has 0 spiro atoms. The highest BCUT2D eigenvalue weighted by Gasteiger charge is 2.09. The highest BCUT2D eigenvalue weighted by molar-refractivity contribution is 6.29. The lowest BCUT2D eigenvalue weighted by atomic mass is 10.1. The van der Waals surface area contributed by atoms with Crippen LogP contribution >= 0.6 is 11.6 Å². The van der Waals surface area contributed by atoms with Crippen molar-refractivity contribution in [3.05, 3.63) is 11.2 Å². The Bertz CT molecular complexity index is 323. The molecule has 4 nitrogen and oxygen atoms in total. The number of anilines is 2. The van der Waals surface area contributed by atoms with Crippen molar-refractivity contribution >= 4 is 23.4 Å². The molecule has 17 heavy (non-hydrogen) atoms. The van der Waals surface area contributed by atoms with Crippen molar-refractivity contribution < 1.29 is 0 Å². The lowest BCUT2D eigenvalue weighted by Gasteiger charge is -2.18. The maximum Gasteiger partial charge on any atom is 0.223 e. The van der Waals surface area contributed by atoms with Gasteiger partial charge in [-0.05, 0) is 12.8 Å². The number of rotatable bonds is 7. The lowest BCUT2D eigenvalue weighted by molar-refractivity contribution is 0.563. The van der Waals surface area contributed by atoms with Gasteiger partial charge in [0.05, 0.1) is 0 Å². The number of halogens is 1. The molecular formula is C12H21ClN4. The summed E-state index contributed by atoms with van der Waals surface area (Å²) in [5.74, 6) is 0.933. The summed E-state index contributed by atoms with van der Waals surface area (Å²) in [6, 6.07) is 2.15. The van der Waals surface area contributed by atoms with Gasteiger partial charge in [-0.1, -0.05) is 44.7 Å². The minimum Gasteiger partial charge on any atom is -0.368 e. The van der Waals surface area contributed by atoms with Crippen LogP contribution in [0.15, 0.2) is 6.07 Å². The molecule has 1 rings (SSSR count). The number of aromatic nitrogens is 2. The molecule has 3 N–H and O–H groups in total. The van der Waals surface area contributed by atoms with E-state index in [2.05, 4.69) is 29.1 Å². The SMILES string of the molecule is CCCCC(CCC)Nc1cc(Cl)nc(N)n1. The maximum absolute atomic E-state index is 5.84. The molecule has 0 aliphatic carbocycles. The van der Waals surface area contributed by atoms with Gasteiger partial charge >= 0.3 is 0 Å². The Morgan fingerprint density at radius 2 is 2.06 bits per heavy atom. The predicted octanol–water partition coefficient (Wildman–Crippen LogP) is 3.48. The third-order valence-electron chi connectivity index (χ3n) is 2.61.